The zero-order valence-corrected chi connectivity index (χ0v) is 14.8. The Morgan fingerprint density at radius 1 is 1.38 bits per heavy atom. The highest BCUT2D eigenvalue weighted by Crippen LogP contribution is 2.27. The Labute approximate surface area is 146 Å². The zero-order valence-electron chi connectivity index (χ0n) is 13.2. The van der Waals surface area contributed by atoms with Gasteiger partial charge in [0.1, 0.15) is 0 Å². The molecule has 0 aliphatic heterocycles. The molecule has 2 heterocycles. The Morgan fingerprint density at radius 2 is 2.17 bits per heavy atom. The number of hydrogen-bond donors (Lipinski definition) is 2. The van der Waals surface area contributed by atoms with Crippen molar-refractivity contribution in [2.45, 2.75) is 31.0 Å². The van der Waals surface area contributed by atoms with E-state index >= 15 is 0 Å². The maximum Gasteiger partial charge on any atom is 0.237 e. The van der Waals surface area contributed by atoms with Crippen LogP contribution in [0.1, 0.15) is 35.1 Å². The minimum Gasteiger partial charge on any atom is -0.374 e. The number of hydrogen-bond acceptors (Lipinski definition) is 9. The summed E-state index contributed by atoms with van der Waals surface area (Å²) in [7, 11) is 0. The maximum atomic E-state index is 12.1. The van der Waals surface area contributed by atoms with Gasteiger partial charge in [-0.3, -0.25) is 14.9 Å². The summed E-state index contributed by atoms with van der Waals surface area (Å²) in [5.41, 5.74) is 7.42. The first-order chi connectivity index (χ1) is 11.4. The van der Waals surface area contributed by atoms with Crippen LogP contribution < -0.4 is 11.1 Å². The van der Waals surface area contributed by atoms with Crippen molar-refractivity contribution >= 4 is 45.9 Å². The number of thioether (sulfide) groups is 1. The van der Waals surface area contributed by atoms with E-state index in [1.54, 1.807) is 6.92 Å². The van der Waals surface area contributed by atoms with Crippen LogP contribution in [0.3, 0.4) is 0 Å². The lowest BCUT2D eigenvalue weighted by atomic mass is 9.86. The SMILES string of the molecule is Cc1nc(NC(=O)CSc2nnc(N)s2)nc2c1C(=O)CC(C)C2. The molecule has 0 bridgehead atoms. The number of nitrogens with two attached hydrogens (primary N) is 1. The summed E-state index contributed by atoms with van der Waals surface area (Å²) < 4.78 is 0.629. The fraction of sp³-hybridized carbons (Fsp3) is 0.429. The predicted octanol–water partition coefficient (Wildman–Crippen LogP) is 1.71. The minimum absolute atomic E-state index is 0.0727. The topological polar surface area (TPSA) is 124 Å². The highest BCUT2D eigenvalue weighted by Gasteiger charge is 2.26. The minimum atomic E-state index is -0.247. The molecular weight excluding hydrogens is 348 g/mol. The average molecular weight is 364 g/mol. The standard InChI is InChI=1S/C14H16N6O2S2/c1-6-3-8-11(9(21)4-6)7(2)16-13(17-8)18-10(22)5-23-14-20-19-12(15)24-14/h6H,3-5H2,1-2H3,(H2,15,19)(H,16,17,18,22). The molecule has 0 saturated carbocycles. The third-order valence-corrected chi connectivity index (χ3v) is 5.41. The van der Waals surface area contributed by atoms with Gasteiger partial charge in [0.25, 0.3) is 0 Å². The van der Waals surface area contributed by atoms with Gasteiger partial charge in [-0.15, -0.1) is 10.2 Å². The van der Waals surface area contributed by atoms with Crippen molar-refractivity contribution in [2.24, 2.45) is 5.92 Å². The van der Waals surface area contributed by atoms with Gasteiger partial charge < -0.3 is 5.73 Å². The van der Waals surface area contributed by atoms with E-state index in [0.29, 0.717) is 39.3 Å². The summed E-state index contributed by atoms with van der Waals surface area (Å²) in [4.78, 5) is 32.8. The van der Waals surface area contributed by atoms with Gasteiger partial charge in [-0.1, -0.05) is 30.0 Å². The lowest BCUT2D eigenvalue weighted by molar-refractivity contribution is -0.113. The smallest absolute Gasteiger partial charge is 0.237 e. The summed E-state index contributed by atoms with van der Waals surface area (Å²) >= 11 is 2.47. The Kier molecular flexibility index (Phi) is 4.76. The van der Waals surface area contributed by atoms with Crippen LogP contribution in [0.4, 0.5) is 11.1 Å². The molecule has 0 saturated heterocycles. The third-order valence-electron chi connectivity index (χ3n) is 3.52. The van der Waals surface area contributed by atoms with Crippen molar-refractivity contribution in [3.8, 4) is 0 Å². The van der Waals surface area contributed by atoms with Gasteiger partial charge in [0.05, 0.1) is 22.7 Å². The monoisotopic (exact) mass is 364 g/mol. The molecular formula is C14H16N6O2S2. The Balaban J connectivity index is 1.69. The largest absolute Gasteiger partial charge is 0.374 e. The summed E-state index contributed by atoms with van der Waals surface area (Å²) in [6.07, 6.45) is 1.23. The number of nitrogens with one attached hydrogen (secondary N) is 1. The van der Waals surface area contributed by atoms with Crippen molar-refractivity contribution < 1.29 is 9.59 Å². The molecule has 8 nitrogen and oxygen atoms in total. The molecule has 3 rings (SSSR count). The molecule has 1 unspecified atom stereocenters. The van der Waals surface area contributed by atoms with Gasteiger partial charge in [-0.25, -0.2) is 9.97 Å². The van der Waals surface area contributed by atoms with E-state index in [9.17, 15) is 9.59 Å². The number of Topliss-reactive ketones (excluding diaryl/α,β-unsaturated/α-hetero) is 1. The first-order valence-corrected chi connectivity index (χ1v) is 9.15. The number of aromatic nitrogens is 4. The van der Waals surface area contributed by atoms with E-state index in [1.165, 1.54) is 23.1 Å². The average Bonchev–Trinajstić information content (AvgIpc) is 2.89. The quantitative estimate of drug-likeness (QED) is 0.786. The molecule has 1 amide bonds. The number of aryl methyl sites for hydroxylation is 1. The second-order valence-electron chi connectivity index (χ2n) is 5.63. The van der Waals surface area contributed by atoms with E-state index in [4.69, 9.17) is 5.73 Å². The van der Waals surface area contributed by atoms with Gasteiger partial charge in [-0.2, -0.15) is 0 Å². The number of amides is 1. The van der Waals surface area contributed by atoms with Crippen molar-refractivity contribution in [2.75, 3.05) is 16.8 Å². The Morgan fingerprint density at radius 3 is 2.88 bits per heavy atom. The van der Waals surface area contributed by atoms with Gasteiger partial charge in [0.2, 0.25) is 17.0 Å². The van der Waals surface area contributed by atoms with Gasteiger partial charge in [0.15, 0.2) is 10.1 Å². The Hall–Kier alpha value is -2.07. The molecule has 24 heavy (non-hydrogen) atoms. The molecule has 126 valence electrons. The zero-order chi connectivity index (χ0) is 17.3. The van der Waals surface area contributed by atoms with E-state index in [0.717, 1.165) is 0 Å². The lowest BCUT2D eigenvalue weighted by Crippen LogP contribution is -2.24. The second kappa shape index (κ2) is 6.81. The molecule has 2 aromatic heterocycles. The lowest BCUT2D eigenvalue weighted by Gasteiger charge is -2.21. The number of rotatable bonds is 4. The van der Waals surface area contributed by atoms with E-state index in [1.807, 2.05) is 6.92 Å². The number of carbonyl (C=O) groups excluding carboxylic acids is 2. The molecule has 0 fully saturated rings. The molecule has 10 heteroatoms. The third kappa shape index (κ3) is 3.70. The van der Waals surface area contributed by atoms with E-state index in [2.05, 4.69) is 25.5 Å². The van der Waals surface area contributed by atoms with Gasteiger partial charge in [0, 0.05) is 6.42 Å². The van der Waals surface area contributed by atoms with Crippen molar-refractivity contribution in [1.82, 2.24) is 20.2 Å². The van der Waals surface area contributed by atoms with Gasteiger partial charge in [-0.05, 0) is 19.3 Å². The van der Waals surface area contributed by atoms with Crippen LogP contribution >= 0.6 is 23.1 Å². The number of fused-ring (bicyclic) bond motifs is 1. The number of anilines is 2. The molecule has 0 radical (unpaired) electrons. The number of nitrogens with zero attached hydrogens (tertiary/aromatic N) is 4. The van der Waals surface area contributed by atoms with Crippen LogP contribution in [0, 0.1) is 12.8 Å². The highest BCUT2D eigenvalue weighted by molar-refractivity contribution is 8.01. The first-order valence-electron chi connectivity index (χ1n) is 7.34. The maximum absolute atomic E-state index is 12.1. The highest BCUT2D eigenvalue weighted by atomic mass is 32.2. The molecule has 1 aliphatic carbocycles. The van der Waals surface area contributed by atoms with Crippen LogP contribution in [0.25, 0.3) is 0 Å². The second-order valence-corrected chi connectivity index (χ2v) is 7.87. The number of carbonyl (C=O) groups is 2. The molecule has 2 aromatic rings. The predicted molar refractivity (Wildman–Crippen MR) is 92.3 cm³/mol. The fourth-order valence-electron chi connectivity index (χ4n) is 2.59. The molecule has 1 aliphatic rings. The number of nitrogen functional groups attached to an aromatic ring is 1. The molecule has 0 spiro atoms. The van der Waals surface area contributed by atoms with Crippen molar-refractivity contribution in [3.63, 3.8) is 0 Å². The van der Waals surface area contributed by atoms with Crippen molar-refractivity contribution in [3.05, 3.63) is 17.0 Å². The van der Waals surface area contributed by atoms with Crippen LogP contribution in [-0.2, 0) is 11.2 Å². The molecule has 3 N–H and O–H groups in total. The van der Waals surface area contributed by atoms with Crippen LogP contribution in [0.15, 0.2) is 4.34 Å². The summed E-state index contributed by atoms with van der Waals surface area (Å²) in [5, 5.41) is 10.6. The fourth-order valence-corrected chi connectivity index (χ4v) is 4.02. The first kappa shape index (κ1) is 16.8. The number of ketones is 1. The van der Waals surface area contributed by atoms with E-state index in [-0.39, 0.29) is 29.3 Å². The molecule has 0 aromatic carbocycles. The molecule has 1 atom stereocenters. The van der Waals surface area contributed by atoms with Gasteiger partial charge >= 0.3 is 0 Å². The normalized spacial score (nSPS) is 16.8. The van der Waals surface area contributed by atoms with Crippen LogP contribution in [-0.4, -0.2) is 37.6 Å². The van der Waals surface area contributed by atoms with Crippen molar-refractivity contribution in [1.29, 1.82) is 0 Å². The van der Waals surface area contributed by atoms with Crippen LogP contribution in [0.2, 0.25) is 0 Å². The van der Waals surface area contributed by atoms with E-state index < -0.39 is 0 Å². The summed E-state index contributed by atoms with van der Waals surface area (Å²) in [6.45, 7) is 3.78. The summed E-state index contributed by atoms with van der Waals surface area (Å²) in [6, 6.07) is 0. The summed E-state index contributed by atoms with van der Waals surface area (Å²) in [5.74, 6) is 0.465. The Bertz CT molecular complexity index is 807. The van der Waals surface area contributed by atoms with Crippen LogP contribution in [0.5, 0.6) is 0 Å².